The summed E-state index contributed by atoms with van der Waals surface area (Å²) in [7, 11) is 0. The number of β-lactam (4-membered cyclic amide) rings is 1. The third-order valence-corrected chi connectivity index (χ3v) is 8.66. The Hall–Kier alpha value is -5.27. The number of thioether (sulfide) groups is 1. The first-order chi connectivity index (χ1) is 21.2. The minimum Gasteiger partial charge on any atom is -0.477 e. The summed E-state index contributed by atoms with van der Waals surface area (Å²) in [4.78, 5) is 60.8. The molecule has 0 saturated carbocycles. The molecular weight excluding hydrogens is 608 g/mol. The number of nitrogen functional groups attached to an aromatic ring is 1. The first kappa shape index (κ1) is 30.2. The van der Waals surface area contributed by atoms with Crippen molar-refractivity contribution in [1.29, 1.82) is 5.26 Å². The molecule has 3 aromatic rings. The number of nitrogens with two attached hydrogens (primary N) is 1. The van der Waals surface area contributed by atoms with Gasteiger partial charge in [-0.1, -0.05) is 11.2 Å². The number of carbonyl (C=O) groups is 4. The number of rotatable bonds is 10. The third kappa shape index (κ3) is 5.96. The summed E-state index contributed by atoms with van der Waals surface area (Å²) in [5.41, 5.74) is 7.22. The Bertz CT molecular complexity index is 1810. The lowest BCUT2D eigenvalue weighted by Crippen LogP contribution is -2.71. The van der Waals surface area contributed by atoms with Crippen LogP contribution in [0.25, 0.3) is 10.9 Å². The minimum absolute atomic E-state index is 0.142. The number of pyridine rings is 1. The van der Waals surface area contributed by atoms with Gasteiger partial charge in [-0.3, -0.25) is 24.6 Å². The molecule has 224 valence electrons. The molecule has 0 unspecified atom stereocenters. The number of hydrogen-bond donors (Lipinski definition) is 4. The summed E-state index contributed by atoms with van der Waals surface area (Å²) in [5, 5.41) is 29.2. The van der Waals surface area contributed by atoms with Gasteiger partial charge < -0.3 is 21.0 Å². The highest BCUT2D eigenvalue weighted by Crippen LogP contribution is 2.40. The fraction of sp³-hybridized carbons (Fsp3) is 0.214. The summed E-state index contributed by atoms with van der Waals surface area (Å²) >= 11 is 2.45. The lowest BCUT2D eigenvalue weighted by Gasteiger charge is -2.49. The van der Waals surface area contributed by atoms with E-state index in [1.165, 1.54) is 16.7 Å². The van der Waals surface area contributed by atoms with Gasteiger partial charge in [-0.25, -0.2) is 9.78 Å². The topological polar surface area (TPSA) is 204 Å². The molecule has 2 atom stereocenters. The second-order valence-corrected chi connectivity index (χ2v) is 11.4. The minimum atomic E-state index is -1.26. The molecule has 2 aromatic heterocycles. The van der Waals surface area contributed by atoms with Crippen molar-refractivity contribution >= 4 is 68.5 Å². The number of nitriles is 1. The number of thiazole rings is 1. The number of benzene rings is 1. The zero-order chi connectivity index (χ0) is 31.4. The SMILES string of the molecule is CCO/N=C(\C(=O)N[C@@H]1C(=O)N2C(C(=O)O)=C(/C=C/C[n+]3cccc4cc(C(=O)NC#N)ccc43)CS[C@H]12)c1csc(N)n1. The van der Waals surface area contributed by atoms with Crippen LogP contribution in [0.15, 0.2) is 70.5 Å². The highest BCUT2D eigenvalue weighted by Gasteiger charge is 2.54. The first-order valence-corrected chi connectivity index (χ1v) is 15.1. The fourth-order valence-electron chi connectivity index (χ4n) is 4.72. The van der Waals surface area contributed by atoms with Crippen LogP contribution in [0.5, 0.6) is 0 Å². The van der Waals surface area contributed by atoms with E-state index in [9.17, 15) is 24.3 Å². The van der Waals surface area contributed by atoms with E-state index in [1.807, 2.05) is 22.9 Å². The molecule has 4 heterocycles. The van der Waals surface area contributed by atoms with Gasteiger partial charge in [0.2, 0.25) is 5.52 Å². The van der Waals surface area contributed by atoms with Crippen molar-refractivity contribution in [3.63, 3.8) is 0 Å². The lowest BCUT2D eigenvalue weighted by molar-refractivity contribution is -0.661. The molecule has 0 bridgehead atoms. The molecule has 0 spiro atoms. The smallest absolute Gasteiger partial charge is 0.352 e. The average Bonchev–Trinajstić information content (AvgIpc) is 3.45. The lowest BCUT2D eigenvalue weighted by atomic mass is 10.0. The number of amides is 3. The Kier molecular flexibility index (Phi) is 8.88. The Morgan fingerprint density at radius 2 is 2.18 bits per heavy atom. The van der Waals surface area contributed by atoms with Crippen molar-refractivity contribution in [2.45, 2.75) is 24.9 Å². The Labute approximate surface area is 258 Å². The normalized spacial score (nSPS) is 18.0. The van der Waals surface area contributed by atoms with Crippen LogP contribution in [0, 0.1) is 11.5 Å². The van der Waals surface area contributed by atoms with Gasteiger partial charge in [0, 0.05) is 34.2 Å². The van der Waals surface area contributed by atoms with Crippen LogP contribution in [-0.4, -0.2) is 68.2 Å². The maximum atomic E-state index is 13.1. The van der Waals surface area contributed by atoms with Crippen LogP contribution in [-0.2, 0) is 25.8 Å². The number of carbonyl (C=O) groups excluding carboxylic acids is 3. The van der Waals surface area contributed by atoms with Gasteiger partial charge in [-0.05, 0) is 36.8 Å². The highest BCUT2D eigenvalue weighted by atomic mass is 32.2. The monoisotopic (exact) mass is 633 g/mol. The molecule has 0 radical (unpaired) electrons. The zero-order valence-corrected chi connectivity index (χ0v) is 24.7. The standard InChI is InChI=1S/C28H24N8O6S2/c1-2-42-34-20(18-13-44-28(30)32-18)24(38)33-21-25(39)36-22(27(40)41)17(12-43-26(21)36)6-4-10-35-9-3-5-15-11-16(7-8-19(15)35)23(37)31-14-29/h3-9,11,13,21,26H,2,10,12H2,1H3,(H4-,30,31,32,33,37,38,40,41)/p+1/b6-4+,34-20-/t21-,26-/m1/s1. The average molecular weight is 634 g/mol. The second-order valence-electron chi connectivity index (χ2n) is 9.37. The molecule has 16 heteroatoms. The summed E-state index contributed by atoms with van der Waals surface area (Å²) < 4.78 is 1.91. The van der Waals surface area contributed by atoms with E-state index in [0.717, 1.165) is 22.2 Å². The number of aliphatic carboxylic acids is 1. The number of carboxylic acid groups (broad SMARTS) is 1. The van der Waals surface area contributed by atoms with Crippen LogP contribution in [0.2, 0.25) is 0 Å². The number of nitrogens with one attached hydrogen (secondary N) is 2. The molecule has 3 amide bonds. The van der Waals surface area contributed by atoms with Crippen molar-refractivity contribution in [1.82, 2.24) is 20.5 Å². The number of anilines is 1. The van der Waals surface area contributed by atoms with E-state index >= 15 is 0 Å². The van der Waals surface area contributed by atoms with Crippen LogP contribution in [0.4, 0.5) is 5.13 Å². The van der Waals surface area contributed by atoms with Crippen LogP contribution < -0.4 is 20.9 Å². The molecule has 2 aliphatic rings. The van der Waals surface area contributed by atoms with Crippen LogP contribution in [0.1, 0.15) is 23.0 Å². The number of fused-ring (bicyclic) bond motifs is 2. The zero-order valence-electron chi connectivity index (χ0n) is 23.1. The van der Waals surface area contributed by atoms with Crippen molar-refractivity contribution < 1.29 is 33.7 Å². The Morgan fingerprint density at radius 3 is 2.89 bits per heavy atom. The molecule has 1 aromatic carbocycles. The van der Waals surface area contributed by atoms with Gasteiger partial charge >= 0.3 is 5.97 Å². The molecule has 2 aliphatic heterocycles. The summed E-state index contributed by atoms with van der Waals surface area (Å²) in [6, 6.07) is 7.73. The molecule has 14 nitrogen and oxygen atoms in total. The largest absolute Gasteiger partial charge is 0.477 e. The second kappa shape index (κ2) is 12.9. The maximum absolute atomic E-state index is 13.1. The molecule has 1 saturated heterocycles. The van der Waals surface area contributed by atoms with Gasteiger partial charge in [-0.15, -0.1) is 23.1 Å². The summed E-state index contributed by atoms with van der Waals surface area (Å²) in [6.07, 6.45) is 6.92. The molecular formula is C28H25N8O6S2+. The summed E-state index contributed by atoms with van der Waals surface area (Å²) in [5.74, 6) is -2.73. The molecule has 0 aliphatic carbocycles. The van der Waals surface area contributed by atoms with Crippen molar-refractivity contribution in [2.24, 2.45) is 5.16 Å². The number of hydrogen-bond acceptors (Lipinski definition) is 11. The van der Waals surface area contributed by atoms with E-state index in [1.54, 1.807) is 48.8 Å². The number of allylic oxidation sites excluding steroid dienone is 2. The van der Waals surface area contributed by atoms with Gasteiger partial charge in [0.1, 0.15) is 29.4 Å². The molecule has 44 heavy (non-hydrogen) atoms. The number of carboxylic acids is 1. The number of aromatic nitrogens is 2. The number of nitrogens with zero attached hydrogens (tertiary/aromatic N) is 5. The van der Waals surface area contributed by atoms with E-state index < -0.39 is 35.1 Å². The van der Waals surface area contributed by atoms with Crippen molar-refractivity contribution in [3.05, 3.63) is 76.6 Å². The fourth-order valence-corrected chi connectivity index (χ4v) is 6.59. The summed E-state index contributed by atoms with van der Waals surface area (Å²) in [6.45, 7) is 2.28. The molecule has 5 rings (SSSR count). The predicted octanol–water partition coefficient (Wildman–Crippen LogP) is 1.11. The highest BCUT2D eigenvalue weighted by molar-refractivity contribution is 8.00. The van der Waals surface area contributed by atoms with E-state index in [0.29, 0.717) is 23.4 Å². The van der Waals surface area contributed by atoms with Gasteiger partial charge in [0.05, 0.1) is 0 Å². The van der Waals surface area contributed by atoms with E-state index in [4.69, 9.17) is 15.8 Å². The Morgan fingerprint density at radius 1 is 1.36 bits per heavy atom. The van der Waals surface area contributed by atoms with E-state index in [2.05, 4.69) is 20.8 Å². The Balaban J connectivity index is 1.31. The predicted molar refractivity (Wildman–Crippen MR) is 161 cm³/mol. The molecule has 1 fully saturated rings. The van der Waals surface area contributed by atoms with Gasteiger partial charge in [-0.2, -0.15) is 9.83 Å². The van der Waals surface area contributed by atoms with Crippen LogP contribution >= 0.6 is 23.1 Å². The van der Waals surface area contributed by atoms with E-state index in [-0.39, 0.29) is 28.8 Å². The van der Waals surface area contributed by atoms with Crippen LogP contribution in [0.3, 0.4) is 0 Å². The first-order valence-electron chi connectivity index (χ1n) is 13.1. The van der Waals surface area contributed by atoms with Crippen molar-refractivity contribution in [2.75, 3.05) is 18.1 Å². The van der Waals surface area contributed by atoms with Gasteiger partial charge in [0.15, 0.2) is 29.8 Å². The quantitative estimate of drug-likeness (QED) is 0.0625. The third-order valence-electron chi connectivity index (χ3n) is 6.68. The number of oxime groups is 1. The van der Waals surface area contributed by atoms with Crippen molar-refractivity contribution in [3.8, 4) is 6.19 Å². The molecule has 5 N–H and O–H groups in total. The maximum Gasteiger partial charge on any atom is 0.352 e. The van der Waals surface area contributed by atoms with Gasteiger partial charge in [0.25, 0.3) is 17.7 Å².